The topological polar surface area (TPSA) is 176 Å². The monoisotopic (exact) mass is 755 g/mol. The molecule has 284 valence electrons. The van der Waals surface area contributed by atoms with Gasteiger partial charge in [-0.15, -0.1) is 11.3 Å². The van der Waals surface area contributed by atoms with E-state index in [-0.39, 0.29) is 54.5 Å². The molecule has 0 spiro atoms. The number of benzene rings is 3. The van der Waals surface area contributed by atoms with E-state index in [1.165, 1.54) is 41.7 Å². The van der Waals surface area contributed by atoms with Crippen LogP contribution in [0.1, 0.15) is 74.5 Å². The Labute approximate surface area is 318 Å². The minimum atomic E-state index is -1.14. The van der Waals surface area contributed by atoms with Crippen molar-refractivity contribution in [2.24, 2.45) is 0 Å². The lowest BCUT2D eigenvalue weighted by atomic mass is 9.93. The van der Waals surface area contributed by atoms with Gasteiger partial charge in [0.1, 0.15) is 12.9 Å². The van der Waals surface area contributed by atoms with Crippen molar-refractivity contribution in [3.05, 3.63) is 129 Å². The first kappa shape index (κ1) is 39.5. The number of rotatable bonds is 17. The number of phenolic OH excluding ortho intramolecular Hbond substituents is 1. The molecule has 4 N–H and O–H groups in total. The Kier molecular flexibility index (Phi) is 13.8. The Morgan fingerprint density at radius 3 is 2.26 bits per heavy atom. The van der Waals surface area contributed by atoms with Crippen LogP contribution in [0.5, 0.6) is 11.5 Å². The number of oxazole rings is 1. The molecule has 0 radical (unpaired) electrons. The summed E-state index contributed by atoms with van der Waals surface area (Å²) in [4.78, 5) is 51.7. The molecule has 0 aliphatic rings. The maximum Gasteiger partial charge on any atom is 0.407 e. The van der Waals surface area contributed by atoms with Crippen LogP contribution in [0.2, 0.25) is 0 Å². The van der Waals surface area contributed by atoms with E-state index in [9.17, 15) is 24.6 Å². The van der Waals surface area contributed by atoms with Gasteiger partial charge in [-0.3, -0.25) is 14.6 Å². The average molecular weight is 756 g/mol. The summed E-state index contributed by atoms with van der Waals surface area (Å²) in [6.07, 6.45) is 1.87. The lowest BCUT2D eigenvalue weighted by Gasteiger charge is -2.28. The Morgan fingerprint density at radius 2 is 1.65 bits per heavy atom. The summed E-state index contributed by atoms with van der Waals surface area (Å²) >= 11 is 1.36. The third kappa shape index (κ3) is 10.7. The molecule has 2 aromatic heterocycles. The van der Waals surface area contributed by atoms with Gasteiger partial charge in [-0.1, -0.05) is 74.5 Å². The summed E-state index contributed by atoms with van der Waals surface area (Å²) < 4.78 is 16.4. The number of alkyl carbamates (subject to hydrolysis) is 1. The second kappa shape index (κ2) is 18.9. The number of hydrogen-bond acceptors (Lipinski definition) is 11. The largest absolute Gasteiger partial charge is 0.504 e. The fraction of sp³-hybridized carbons (Fsp3) is 0.325. The molecule has 0 saturated heterocycles. The number of hydrogen-bond donors (Lipinski definition) is 4. The van der Waals surface area contributed by atoms with Crippen LogP contribution >= 0.6 is 11.3 Å². The summed E-state index contributed by atoms with van der Waals surface area (Å²) in [5, 5.41) is 28.3. The van der Waals surface area contributed by atoms with Gasteiger partial charge < -0.3 is 39.6 Å². The average Bonchev–Trinajstić information content (AvgIpc) is 3.87. The van der Waals surface area contributed by atoms with Crippen molar-refractivity contribution in [1.29, 1.82) is 0 Å². The van der Waals surface area contributed by atoms with Crippen LogP contribution in [0.25, 0.3) is 0 Å². The van der Waals surface area contributed by atoms with Crippen LogP contribution in [0, 0.1) is 0 Å². The van der Waals surface area contributed by atoms with Crippen LogP contribution in [0.4, 0.5) is 4.79 Å². The van der Waals surface area contributed by atoms with Gasteiger partial charge >= 0.3 is 6.09 Å². The minimum absolute atomic E-state index is 0.0238. The molecule has 5 rings (SSSR count). The number of methoxy groups -OCH3 is 1. The highest BCUT2D eigenvalue weighted by molar-refractivity contribution is 7.09. The van der Waals surface area contributed by atoms with Crippen molar-refractivity contribution in [3.8, 4) is 11.5 Å². The lowest BCUT2D eigenvalue weighted by Crippen LogP contribution is -2.49. The van der Waals surface area contributed by atoms with Gasteiger partial charge in [-0.05, 0) is 42.5 Å². The van der Waals surface area contributed by atoms with E-state index in [4.69, 9.17) is 13.9 Å². The highest BCUT2D eigenvalue weighted by atomic mass is 32.1. The molecular formula is C40H45N5O8S. The predicted molar refractivity (Wildman–Crippen MR) is 202 cm³/mol. The van der Waals surface area contributed by atoms with Crippen LogP contribution in [-0.2, 0) is 30.7 Å². The fourth-order valence-corrected chi connectivity index (χ4v) is 6.46. The van der Waals surface area contributed by atoms with Crippen molar-refractivity contribution in [1.82, 2.24) is 25.5 Å². The van der Waals surface area contributed by atoms with E-state index < -0.39 is 36.1 Å². The van der Waals surface area contributed by atoms with Crippen molar-refractivity contribution in [2.75, 3.05) is 14.2 Å². The first-order chi connectivity index (χ1) is 26.0. The van der Waals surface area contributed by atoms with E-state index >= 15 is 0 Å². The molecule has 0 fully saturated rings. The molecule has 0 saturated carbocycles. The number of aliphatic hydroxyl groups is 1. The summed E-state index contributed by atoms with van der Waals surface area (Å²) in [5.74, 6) is -1.12. The highest BCUT2D eigenvalue weighted by Crippen LogP contribution is 2.34. The minimum Gasteiger partial charge on any atom is -0.504 e. The molecule has 3 atom stereocenters. The fourth-order valence-electron chi connectivity index (χ4n) is 5.95. The molecule has 13 nitrogen and oxygen atoms in total. The van der Waals surface area contributed by atoms with Crippen LogP contribution < -0.4 is 15.4 Å². The zero-order valence-electron chi connectivity index (χ0n) is 30.6. The number of aliphatic hydroxyl groups excluding tert-OH is 1. The van der Waals surface area contributed by atoms with E-state index in [1.54, 1.807) is 18.8 Å². The molecule has 0 bridgehead atoms. The number of ether oxygens (including phenoxy) is 2. The zero-order chi connectivity index (χ0) is 38.6. The van der Waals surface area contributed by atoms with Gasteiger partial charge in [0.15, 0.2) is 17.4 Å². The van der Waals surface area contributed by atoms with Gasteiger partial charge in [-0.25, -0.2) is 9.78 Å². The third-order valence-corrected chi connectivity index (χ3v) is 9.44. The van der Waals surface area contributed by atoms with E-state index in [0.717, 1.165) is 16.0 Å². The number of thiazole rings is 1. The molecule has 5 aromatic rings. The predicted octanol–water partition coefficient (Wildman–Crippen LogP) is 5.87. The van der Waals surface area contributed by atoms with Crippen LogP contribution in [0.3, 0.4) is 0 Å². The van der Waals surface area contributed by atoms with Crippen molar-refractivity contribution in [3.63, 3.8) is 0 Å². The summed E-state index contributed by atoms with van der Waals surface area (Å²) in [7, 11) is 2.85. The first-order valence-electron chi connectivity index (χ1n) is 17.5. The summed E-state index contributed by atoms with van der Waals surface area (Å²) in [6.45, 7) is 3.98. The van der Waals surface area contributed by atoms with E-state index in [0.29, 0.717) is 18.0 Å². The number of carbonyl (C=O) groups excluding carboxylic acids is 3. The number of aromatic nitrogens is 2. The molecule has 54 heavy (non-hydrogen) atoms. The molecule has 0 aliphatic carbocycles. The number of nitrogens with zero attached hydrogens (tertiary/aromatic N) is 3. The van der Waals surface area contributed by atoms with Crippen molar-refractivity contribution >= 4 is 29.2 Å². The number of amides is 3. The number of aromatic hydroxyl groups is 1. The van der Waals surface area contributed by atoms with Gasteiger partial charge in [0, 0.05) is 25.2 Å². The van der Waals surface area contributed by atoms with Crippen LogP contribution in [-0.4, -0.2) is 75.3 Å². The van der Waals surface area contributed by atoms with E-state index in [1.807, 2.05) is 74.5 Å². The number of nitrogens with one attached hydrogen (secondary N) is 2. The molecule has 0 unspecified atom stereocenters. The maximum absolute atomic E-state index is 14.2. The normalized spacial score (nSPS) is 12.8. The van der Waals surface area contributed by atoms with Crippen molar-refractivity contribution in [2.45, 2.75) is 70.4 Å². The SMILES string of the molecule is COc1c(O)ccc(C(=O)N[C@@H](Cc2ccccc2)C[C@H](O)[C@H](Cc2ccccc2)NC(=O)OCc2cncs2)c1C(=O)N(C)Cc1coc(C(C)C)n1. The molecule has 14 heteroatoms. The first-order valence-corrected chi connectivity index (χ1v) is 18.4. The van der Waals surface area contributed by atoms with Gasteiger partial charge in [0.2, 0.25) is 0 Å². The molecule has 3 aromatic carbocycles. The molecule has 3 amide bonds. The van der Waals surface area contributed by atoms with Gasteiger partial charge in [0.05, 0.1) is 53.0 Å². The Hall–Kier alpha value is -5.73. The molecule has 0 aliphatic heterocycles. The number of phenols is 1. The maximum atomic E-state index is 14.2. The van der Waals surface area contributed by atoms with Crippen molar-refractivity contribution < 1.29 is 38.5 Å². The summed E-state index contributed by atoms with van der Waals surface area (Å²) in [6, 6.07) is 20.0. The van der Waals surface area contributed by atoms with Gasteiger partial charge in [0.25, 0.3) is 11.8 Å². The number of carbonyl (C=O) groups is 3. The Bertz CT molecular complexity index is 1970. The lowest BCUT2D eigenvalue weighted by molar-refractivity contribution is 0.0763. The second-order valence-corrected chi connectivity index (χ2v) is 14.2. The highest BCUT2D eigenvalue weighted by Gasteiger charge is 2.31. The second-order valence-electron chi connectivity index (χ2n) is 13.2. The van der Waals surface area contributed by atoms with Gasteiger partial charge in [-0.2, -0.15) is 0 Å². The Morgan fingerprint density at radius 1 is 0.963 bits per heavy atom. The molecular weight excluding hydrogens is 711 g/mol. The third-order valence-electron chi connectivity index (χ3n) is 8.69. The summed E-state index contributed by atoms with van der Waals surface area (Å²) in [5.41, 5.74) is 3.75. The van der Waals surface area contributed by atoms with Crippen LogP contribution in [0.15, 0.2) is 95.2 Å². The molecule has 2 heterocycles. The quantitative estimate of drug-likeness (QED) is 0.0898. The Balaban J connectivity index is 1.39. The zero-order valence-corrected chi connectivity index (χ0v) is 31.4. The standard InChI is InChI=1S/C40H45N5O8S/c1-25(2)38-43-29(22-52-38)21-45(3)39(49)35-31(15-16-33(46)36(35)51-4)37(48)42-28(17-26-11-7-5-8-12-26)19-34(47)32(18-27-13-9-6-10-14-27)44-40(50)53-23-30-20-41-24-54-30/h5-16,20,22,24-25,28,32,34,46-47H,17-19,21,23H2,1-4H3,(H,42,48)(H,44,50)/t28-,32-,34-/m0/s1. The van der Waals surface area contributed by atoms with E-state index in [2.05, 4.69) is 20.6 Å². The smallest absolute Gasteiger partial charge is 0.407 e.